The maximum atomic E-state index is 13.6. The van der Waals surface area contributed by atoms with Gasteiger partial charge < -0.3 is 5.32 Å². The Kier molecular flexibility index (Phi) is 4.54. The summed E-state index contributed by atoms with van der Waals surface area (Å²) in [5.41, 5.74) is -0.420. The normalized spacial score (nSPS) is 10.2. The van der Waals surface area contributed by atoms with Gasteiger partial charge in [0.2, 0.25) is 0 Å². The van der Waals surface area contributed by atoms with Crippen molar-refractivity contribution < 1.29 is 14.1 Å². The summed E-state index contributed by atoms with van der Waals surface area (Å²) in [7, 11) is 0. The summed E-state index contributed by atoms with van der Waals surface area (Å²) in [4.78, 5) is 22.1. The van der Waals surface area contributed by atoms with Crippen molar-refractivity contribution in [3.05, 3.63) is 67.4 Å². The van der Waals surface area contributed by atoms with Crippen LogP contribution >= 0.6 is 27.5 Å². The molecular formula is C13H7BrClFN2O3. The largest absolute Gasteiger partial charge is 0.319 e. The van der Waals surface area contributed by atoms with Gasteiger partial charge in [0.25, 0.3) is 11.6 Å². The number of anilines is 1. The molecule has 0 aliphatic heterocycles. The number of halogens is 3. The Labute approximate surface area is 132 Å². The Morgan fingerprint density at radius 2 is 2.00 bits per heavy atom. The molecule has 0 aliphatic carbocycles. The second-order valence-electron chi connectivity index (χ2n) is 4.00. The third-order valence-corrected chi connectivity index (χ3v) is 3.39. The zero-order valence-electron chi connectivity index (χ0n) is 10.3. The summed E-state index contributed by atoms with van der Waals surface area (Å²) >= 11 is 8.82. The fraction of sp³-hybridized carbons (Fsp3) is 0. The van der Waals surface area contributed by atoms with E-state index < -0.39 is 16.6 Å². The summed E-state index contributed by atoms with van der Waals surface area (Å²) in [6, 6.07) is 7.65. The Morgan fingerprint density at radius 3 is 2.67 bits per heavy atom. The monoisotopic (exact) mass is 372 g/mol. The van der Waals surface area contributed by atoms with Crippen molar-refractivity contribution in [3.63, 3.8) is 0 Å². The molecule has 21 heavy (non-hydrogen) atoms. The lowest BCUT2D eigenvalue weighted by molar-refractivity contribution is -0.384. The maximum Gasteiger partial charge on any atom is 0.288 e. The van der Waals surface area contributed by atoms with Crippen LogP contribution in [-0.4, -0.2) is 10.8 Å². The minimum atomic E-state index is -0.696. The van der Waals surface area contributed by atoms with Crippen LogP contribution in [0.25, 0.3) is 0 Å². The molecule has 0 saturated heterocycles. The third kappa shape index (κ3) is 3.56. The van der Waals surface area contributed by atoms with Gasteiger partial charge in [0.15, 0.2) is 0 Å². The van der Waals surface area contributed by atoms with Crippen molar-refractivity contribution in [1.29, 1.82) is 0 Å². The molecule has 0 unspecified atom stereocenters. The average Bonchev–Trinajstić information content (AvgIpc) is 2.43. The quantitative estimate of drug-likeness (QED) is 0.640. The highest BCUT2D eigenvalue weighted by Crippen LogP contribution is 2.26. The molecule has 1 N–H and O–H groups in total. The van der Waals surface area contributed by atoms with Gasteiger partial charge in [-0.1, -0.05) is 27.5 Å². The van der Waals surface area contributed by atoms with Crippen molar-refractivity contribution in [2.45, 2.75) is 0 Å². The van der Waals surface area contributed by atoms with Crippen LogP contribution in [0.2, 0.25) is 5.02 Å². The molecule has 0 bridgehead atoms. The minimum Gasteiger partial charge on any atom is -0.319 e. The maximum absolute atomic E-state index is 13.6. The first-order valence-electron chi connectivity index (χ1n) is 5.59. The van der Waals surface area contributed by atoms with Gasteiger partial charge in [0.1, 0.15) is 10.8 Å². The molecule has 0 aliphatic rings. The van der Waals surface area contributed by atoms with Crippen LogP contribution in [0, 0.1) is 15.9 Å². The van der Waals surface area contributed by atoms with Crippen molar-refractivity contribution in [2.75, 3.05) is 5.32 Å². The van der Waals surface area contributed by atoms with Crippen LogP contribution in [0.5, 0.6) is 0 Å². The predicted octanol–water partition coefficient (Wildman–Crippen LogP) is 4.40. The van der Waals surface area contributed by atoms with E-state index in [0.29, 0.717) is 4.47 Å². The first kappa shape index (κ1) is 15.4. The molecule has 108 valence electrons. The zero-order valence-corrected chi connectivity index (χ0v) is 12.6. The fourth-order valence-electron chi connectivity index (χ4n) is 1.58. The average molecular weight is 374 g/mol. The number of nitrogens with one attached hydrogen (secondary N) is 1. The van der Waals surface area contributed by atoms with Crippen LogP contribution in [0.3, 0.4) is 0 Å². The van der Waals surface area contributed by atoms with E-state index in [-0.39, 0.29) is 22.0 Å². The van der Waals surface area contributed by atoms with E-state index in [1.807, 2.05) is 0 Å². The van der Waals surface area contributed by atoms with E-state index in [0.717, 1.165) is 6.07 Å². The van der Waals surface area contributed by atoms with Crippen LogP contribution in [0.1, 0.15) is 10.4 Å². The van der Waals surface area contributed by atoms with Gasteiger partial charge in [-0.2, -0.15) is 0 Å². The first-order valence-corrected chi connectivity index (χ1v) is 6.76. The summed E-state index contributed by atoms with van der Waals surface area (Å²) in [5, 5.41) is 13.0. The molecule has 0 atom stereocenters. The SMILES string of the molecule is O=C(Nc1cc(Br)ccc1F)c1ccc(Cl)c([N+](=O)[O-])c1. The lowest BCUT2D eigenvalue weighted by Gasteiger charge is -2.07. The van der Waals surface area contributed by atoms with Crippen LogP contribution in [-0.2, 0) is 0 Å². The zero-order chi connectivity index (χ0) is 15.6. The van der Waals surface area contributed by atoms with E-state index in [2.05, 4.69) is 21.2 Å². The number of carbonyl (C=O) groups is 1. The molecule has 2 aromatic rings. The van der Waals surface area contributed by atoms with Gasteiger partial charge in [0, 0.05) is 16.1 Å². The van der Waals surface area contributed by atoms with Crippen molar-refractivity contribution in [1.82, 2.24) is 0 Å². The molecule has 0 aromatic heterocycles. The lowest BCUT2D eigenvalue weighted by Crippen LogP contribution is -2.13. The van der Waals surface area contributed by atoms with Gasteiger partial charge in [-0.3, -0.25) is 14.9 Å². The number of carbonyl (C=O) groups excluding carboxylic acids is 1. The molecule has 8 heteroatoms. The molecule has 2 rings (SSSR count). The van der Waals surface area contributed by atoms with Crippen LogP contribution in [0.15, 0.2) is 40.9 Å². The number of amides is 1. The topological polar surface area (TPSA) is 72.2 Å². The van der Waals surface area contributed by atoms with E-state index >= 15 is 0 Å². The highest BCUT2D eigenvalue weighted by atomic mass is 79.9. The number of rotatable bonds is 3. The summed E-state index contributed by atoms with van der Waals surface area (Å²) in [6.07, 6.45) is 0. The Bertz CT molecular complexity index is 739. The van der Waals surface area contributed by atoms with Gasteiger partial charge in [-0.15, -0.1) is 0 Å². The molecule has 0 spiro atoms. The Hall–Kier alpha value is -1.99. The summed E-state index contributed by atoms with van der Waals surface area (Å²) in [5.74, 6) is -1.29. The number of nitrogens with zero attached hydrogens (tertiary/aromatic N) is 1. The van der Waals surface area contributed by atoms with E-state index in [9.17, 15) is 19.3 Å². The van der Waals surface area contributed by atoms with Crippen LogP contribution < -0.4 is 5.32 Å². The van der Waals surface area contributed by atoms with E-state index in [4.69, 9.17) is 11.6 Å². The lowest BCUT2D eigenvalue weighted by atomic mass is 10.2. The molecule has 0 saturated carbocycles. The van der Waals surface area contributed by atoms with E-state index in [1.54, 1.807) is 0 Å². The summed E-state index contributed by atoms with van der Waals surface area (Å²) < 4.78 is 14.1. The third-order valence-electron chi connectivity index (χ3n) is 2.58. The number of nitro benzene ring substituents is 1. The first-order chi connectivity index (χ1) is 9.88. The van der Waals surface area contributed by atoms with Gasteiger partial charge in [0.05, 0.1) is 10.6 Å². The van der Waals surface area contributed by atoms with Gasteiger partial charge in [-0.25, -0.2) is 4.39 Å². The molecule has 0 fully saturated rings. The highest BCUT2D eigenvalue weighted by Gasteiger charge is 2.17. The van der Waals surface area contributed by atoms with Gasteiger partial charge in [-0.05, 0) is 30.3 Å². The minimum absolute atomic E-state index is 0.00507. The molecule has 0 radical (unpaired) electrons. The van der Waals surface area contributed by atoms with E-state index in [1.165, 1.54) is 30.3 Å². The standard InChI is InChI=1S/C13H7BrClFN2O3/c14-8-2-4-10(16)11(6-8)17-13(19)7-1-3-9(15)12(5-7)18(20)21/h1-6H,(H,17,19). The summed E-state index contributed by atoms with van der Waals surface area (Å²) in [6.45, 7) is 0. The fourth-order valence-corrected chi connectivity index (χ4v) is 2.13. The highest BCUT2D eigenvalue weighted by molar-refractivity contribution is 9.10. The smallest absolute Gasteiger partial charge is 0.288 e. The second kappa shape index (κ2) is 6.19. The van der Waals surface area contributed by atoms with Gasteiger partial charge >= 0.3 is 0 Å². The van der Waals surface area contributed by atoms with Crippen LogP contribution in [0.4, 0.5) is 15.8 Å². The number of hydrogen-bond acceptors (Lipinski definition) is 3. The molecular weight excluding hydrogens is 367 g/mol. The van der Waals surface area contributed by atoms with Crippen molar-refractivity contribution >= 4 is 44.8 Å². The van der Waals surface area contributed by atoms with Crippen molar-refractivity contribution in [2.24, 2.45) is 0 Å². The van der Waals surface area contributed by atoms with Crippen molar-refractivity contribution in [3.8, 4) is 0 Å². The Balaban J connectivity index is 2.30. The molecule has 5 nitrogen and oxygen atoms in total. The predicted molar refractivity (Wildman–Crippen MR) is 80.2 cm³/mol. The number of nitro groups is 1. The Morgan fingerprint density at radius 1 is 1.29 bits per heavy atom. The number of benzene rings is 2. The molecule has 2 aromatic carbocycles. The molecule has 0 heterocycles. The number of hydrogen-bond donors (Lipinski definition) is 1. The molecule has 1 amide bonds. The second-order valence-corrected chi connectivity index (χ2v) is 5.32.